The largest absolute Gasteiger partial charge is 0.383 e. The van der Waals surface area contributed by atoms with Gasteiger partial charge >= 0.3 is 5.69 Å². The number of H-pyrrole nitrogens is 1. The van der Waals surface area contributed by atoms with Gasteiger partial charge in [0, 0.05) is 18.7 Å². The van der Waals surface area contributed by atoms with Gasteiger partial charge in [-0.05, 0) is 31.2 Å². The molecule has 0 spiro atoms. The van der Waals surface area contributed by atoms with E-state index < -0.39 is 11.2 Å². The molecule has 0 atom stereocenters. The number of amides is 1. The number of hydrogen-bond acceptors (Lipinski definition) is 6. The summed E-state index contributed by atoms with van der Waals surface area (Å²) in [5, 5.41) is 0.741. The van der Waals surface area contributed by atoms with Gasteiger partial charge in [0.2, 0.25) is 0 Å². The first-order valence-corrected chi connectivity index (χ1v) is 12.5. The van der Waals surface area contributed by atoms with Crippen LogP contribution in [0.25, 0.3) is 10.6 Å². The fraction of sp³-hybridized carbons (Fsp3) is 0.440. The van der Waals surface area contributed by atoms with E-state index >= 15 is 0 Å². The summed E-state index contributed by atoms with van der Waals surface area (Å²) in [6, 6.07) is 8.12. The lowest BCUT2D eigenvalue weighted by molar-refractivity contribution is 0.0989. The number of thiazole rings is 1. The molecule has 0 aliphatic carbocycles. The Morgan fingerprint density at radius 3 is 2.47 bits per heavy atom. The molecule has 1 aromatic carbocycles. The smallest absolute Gasteiger partial charge is 0.330 e. The van der Waals surface area contributed by atoms with Crippen LogP contribution >= 0.6 is 11.3 Å². The highest BCUT2D eigenvalue weighted by Crippen LogP contribution is 2.31. The van der Waals surface area contributed by atoms with Gasteiger partial charge < -0.3 is 5.73 Å². The lowest BCUT2D eigenvalue weighted by Gasteiger charge is -2.24. The third-order valence-corrected chi connectivity index (χ3v) is 6.81. The van der Waals surface area contributed by atoms with E-state index in [-0.39, 0.29) is 23.3 Å². The molecule has 1 amide bonds. The van der Waals surface area contributed by atoms with E-state index in [0.717, 1.165) is 23.4 Å². The van der Waals surface area contributed by atoms with E-state index in [4.69, 9.17) is 5.73 Å². The zero-order valence-electron chi connectivity index (χ0n) is 20.5. The quantitative estimate of drug-likeness (QED) is 0.473. The van der Waals surface area contributed by atoms with Crippen molar-refractivity contribution in [1.29, 1.82) is 0 Å². The number of aromatic nitrogens is 3. The van der Waals surface area contributed by atoms with Crippen LogP contribution < -0.4 is 21.9 Å². The lowest BCUT2D eigenvalue weighted by atomic mass is 10.1. The van der Waals surface area contributed by atoms with Crippen LogP contribution in [0.4, 0.5) is 11.5 Å². The molecule has 0 saturated carbocycles. The van der Waals surface area contributed by atoms with Crippen LogP contribution in [-0.2, 0) is 13.0 Å². The number of nitrogens with one attached hydrogen (secondary N) is 1. The minimum atomic E-state index is -0.662. The lowest BCUT2D eigenvalue weighted by Crippen LogP contribution is -2.42. The number of unbranched alkanes of at least 4 members (excludes halogenated alkanes) is 1. The zero-order valence-corrected chi connectivity index (χ0v) is 21.3. The topological polar surface area (TPSA) is 114 Å². The minimum Gasteiger partial charge on any atom is -0.383 e. The van der Waals surface area contributed by atoms with Crippen molar-refractivity contribution in [2.24, 2.45) is 5.92 Å². The molecule has 0 saturated heterocycles. The molecule has 3 rings (SSSR count). The van der Waals surface area contributed by atoms with Gasteiger partial charge in [-0.1, -0.05) is 58.4 Å². The van der Waals surface area contributed by atoms with Gasteiger partial charge in [0.1, 0.15) is 15.7 Å². The first-order chi connectivity index (χ1) is 16.2. The predicted octanol–water partition coefficient (Wildman–Crippen LogP) is 4.22. The highest BCUT2D eigenvalue weighted by Gasteiger charge is 2.28. The molecule has 0 aliphatic heterocycles. The minimum absolute atomic E-state index is 0.00412. The maximum absolute atomic E-state index is 13.7. The van der Waals surface area contributed by atoms with Crippen molar-refractivity contribution in [3.8, 4) is 10.6 Å². The second-order valence-corrected chi connectivity index (χ2v) is 9.79. The Kier molecular flexibility index (Phi) is 8.09. The molecule has 3 N–H and O–H groups in total. The second-order valence-electron chi connectivity index (χ2n) is 8.79. The van der Waals surface area contributed by atoms with Gasteiger partial charge in [0.15, 0.2) is 5.69 Å². The van der Waals surface area contributed by atoms with Gasteiger partial charge in [-0.2, -0.15) is 0 Å². The number of anilines is 2. The molecule has 2 aromatic heterocycles. The molecule has 0 unspecified atom stereocenters. The highest BCUT2D eigenvalue weighted by atomic mass is 32.1. The molecule has 34 heavy (non-hydrogen) atoms. The molecule has 2 heterocycles. The molecule has 0 fully saturated rings. The van der Waals surface area contributed by atoms with Crippen LogP contribution in [-0.4, -0.2) is 27.0 Å². The fourth-order valence-corrected chi connectivity index (χ4v) is 4.76. The van der Waals surface area contributed by atoms with E-state index in [9.17, 15) is 14.4 Å². The molecule has 0 bridgehead atoms. The van der Waals surface area contributed by atoms with Crippen LogP contribution in [0.5, 0.6) is 0 Å². The molecule has 9 heteroatoms. The normalized spacial score (nSPS) is 11.2. The number of benzene rings is 1. The number of hydrogen-bond donors (Lipinski definition) is 2. The number of nitrogens with zero attached hydrogens (tertiary/aromatic N) is 3. The van der Waals surface area contributed by atoms with Gasteiger partial charge in [-0.3, -0.25) is 24.0 Å². The van der Waals surface area contributed by atoms with Gasteiger partial charge in [-0.15, -0.1) is 11.3 Å². The van der Waals surface area contributed by atoms with Gasteiger partial charge in [-0.25, -0.2) is 9.78 Å². The monoisotopic (exact) mass is 483 g/mol. The average molecular weight is 484 g/mol. The summed E-state index contributed by atoms with van der Waals surface area (Å²) >= 11 is 1.30. The average Bonchev–Trinajstić information content (AvgIpc) is 3.19. The number of carbonyl (C=O) groups is 1. The van der Waals surface area contributed by atoms with Crippen LogP contribution in [0.2, 0.25) is 0 Å². The third kappa shape index (κ3) is 5.30. The summed E-state index contributed by atoms with van der Waals surface area (Å²) < 4.78 is 1.33. The molecule has 8 nitrogen and oxygen atoms in total. The van der Waals surface area contributed by atoms with Crippen molar-refractivity contribution in [3.05, 3.63) is 61.2 Å². The van der Waals surface area contributed by atoms with E-state index in [2.05, 4.69) is 29.0 Å². The van der Waals surface area contributed by atoms with Gasteiger partial charge in [0.25, 0.3) is 11.5 Å². The van der Waals surface area contributed by atoms with Crippen molar-refractivity contribution in [1.82, 2.24) is 14.5 Å². The summed E-state index contributed by atoms with van der Waals surface area (Å²) in [5.74, 6) is -0.208. The molecular weight excluding hydrogens is 450 g/mol. The maximum atomic E-state index is 13.7. The summed E-state index contributed by atoms with van der Waals surface area (Å²) in [7, 11) is 0. The SMILES string of the molecule is CCCCN(C(=O)c1sc(-c2ccc(CC)cc2)nc1C)c1c(N)n(CC(C)C)c(=O)[nH]c1=O. The Labute approximate surface area is 203 Å². The number of aromatic amines is 1. The van der Waals surface area contributed by atoms with E-state index in [0.29, 0.717) is 30.1 Å². The Bertz CT molecular complexity index is 1270. The zero-order chi connectivity index (χ0) is 25.0. The second kappa shape index (κ2) is 10.8. The maximum Gasteiger partial charge on any atom is 0.330 e. The van der Waals surface area contributed by atoms with Crippen molar-refractivity contribution in [3.63, 3.8) is 0 Å². The summed E-state index contributed by atoms with van der Waals surface area (Å²) in [6.07, 6.45) is 2.45. The molecule has 0 radical (unpaired) electrons. The van der Waals surface area contributed by atoms with Gasteiger partial charge in [0.05, 0.1) is 5.69 Å². The molecular formula is C25H33N5O3S. The first-order valence-electron chi connectivity index (χ1n) is 11.7. The van der Waals surface area contributed by atoms with Crippen molar-refractivity contribution in [2.45, 2.75) is 60.4 Å². The highest BCUT2D eigenvalue weighted by molar-refractivity contribution is 7.17. The summed E-state index contributed by atoms with van der Waals surface area (Å²) in [5.41, 5.74) is 7.86. The fourth-order valence-electron chi connectivity index (χ4n) is 3.74. The van der Waals surface area contributed by atoms with Crippen LogP contribution in [0.1, 0.15) is 61.5 Å². The number of aryl methyl sites for hydroxylation is 2. The van der Waals surface area contributed by atoms with E-state index in [1.165, 1.54) is 26.4 Å². The molecule has 3 aromatic rings. The predicted molar refractivity (Wildman–Crippen MR) is 139 cm³/mol. The van der Waals surface area contributed by atoms with Crippen molar-refractivity contribution >= 4 is 28.7 Å². The molecule has 0 aliphatic rings. The van der Waals surface area contributed by atoms with Crippen LogP contribution in [0.15, 0.2) is 33.9 Å². The third-order valence-electron chi connectivity index (χ3n) is 5.61. The van der Waals surface area contributed by atoms with E-state index in [1.807, 2.05) is 32.9 Å². The Balaban J connectivity index is 2.08. The number of rotatable bonds is 9. The number of carbonyl (C=O) groups excluding carboxylic acids is 1. The number of nitrogen functional groups attached to an aromatic ring is 1. The molecule has 182 valence electrons. The van der Waals surface area contributed by atoms with Crippen LogP contribution in [0, 0.1) is 12.8 Å². The Hall–Kier alpha value is -3.20. The van der Waals surface area contributed by atoms with Crippen molar-refractivity contribution < 1.29 is 4.79 Å². The number of nitrogens with two attached hydrogens (primary N) is 1. The first kappa shape index (κ1) is 25.4. The standard InChI is InChI=1S/C25H33N5O3S/c1-6-8-13-29(19-21(26)30(14-15(3)4)25(33)28-22(19)31)24(32)20-16(5)27-23(34-20)18-11-9-17(7-2)10-12-18/h9-12,15H,6-8,13-14,26H2,1-5H3,(H,28,31,33). The Morgan fingerprint density at radius 1 is 1.21 bits per heavy atom. The van der Waals surface area contributed by atoms with Crippen LogP contribution in [0.3, 0.4) is 0 Å². The van der Waals surface area contributed by atoms with Crippen molar-refractivity contribution in [2.75, 3.05) is 17.2 Å². The Morgan fingerprint density at radius 2 is 1.88 bits per heavy atom. The summed E-state index contributed by atoms with van der Waals surface area (Å²) in [6.45, 7) is 10.4. The summed E-state index contributed by atoms with van der Waals surface area (Å²) in [4.78, 5) is 47.8. The van der Waals surface area contributed by atoms with E-state index in [1.54, 1.807) is 6.92 Å².